The van der Waals surface area contributed by atoms with E-state index in [1.807, 2.05) is 0 Å². The molecule has 2 fully saturated rings. The van der Waals surface area contributed by atoms with Gasteiger partial charge in [0.2, 0.25) is 0 Å². The third-order valence-corrected chi connectivity index (χ3v) is 4.04. The molecule has 1 aliphatic heterocycles. The molecule has 86 valence electrons. The molecule has 0 aromatic heterocycles. The summed E-state index contributed by atoms with van der Waals surface area (Å²) in [6.07, 6.45) is 2.72. The molecular formula is C14H20N2. The van der Waals surface area contributed by atoms with Gasteiger partial charge >= 0.3 is 0 Å². The Morgan fingerprint density at radius 3 is 2.50 bits per heavy atom. The molecule has 16 heavy (non-hydrogen) atoms. The summed E-state index contributed by atoms with van der Waals surface area (Å²) in [6.45, 7) is 4.12. The van der Waals surface area contributed by atoms with Crippen LogP contribution in [0.5, 0.6) is 0 Å². The summed E-state index contributed by atoms with van der Waals surface area (Å²) in [7, 11) is 0. The van der Waals surface area contributed by atoms with Crippen molar-refractivity contribution in [3.05, 3.63) is 35.4 Å². The first kappa shape index (κ1) is 10.3. The molecule has 2 atom stereocenters. The fourth-order valence-corrected chi connectivity index (χ4v) is 2.90. The van der Waals surface area contributed by atoms with Crippen LogP contribution < -0.4 is 11.1 Å². The Kier molecular flexibility index (Phi) is 2.30. The lowest BCUT2D eigenvalue weighted by Crippen LogP contribution is -2.43. The molecule has 1 saturated heterocycles. The van der Waals surface area contributed by atoms with Crippen LogP contribution in [0.1, 0.15) is 42.7 Å². The van der Waals surface area contributed by atoms with Crippen LogP contribution in [0.3, 0.4) is 0 Å². The molecule has 0 radical (unpaired) electrons. The molecule has 0 spiro atoms. The number of nitrogens with one attached hydrogen (secondary N) is 1. The minimum absolute atomic E-state index is 0.0923. The zero-order chi connectivity index (χ0) is 11.2. The Bertz CT molecular complexity index is 393. The Hall–Kier alpha value is -0.860. The molecule has 2 nitrogen and oxygen atoms in total. The third-order valence-electron chi connectivity index (χ3n) is 4.04. The van der Waals surface area contributed by atoms with Crippen LogP contribution >= 0.6 is 0 Å². The van der Waals surface area contributed by atoms with Gasteiger partial charge in [0, 0.05) is 24.5 Å². The highest BCUT2D eigenvalue weighted by Crippen LogP contribution is 2.45. The molecular weight excluding hydrogens is 196 g/mol. The van der Waals surface area contributed by atoms with Gasteiger partial charge in [-0.3, -0.25) is 0 Å². The highest BCUT2D eigenvalue weighted by Gasteiger charge is 2.38. The maximum absolute atomic E-state index is 6.38. The lowest BCUT2D eigenvalue weighted by Gasteiger charge is -2.28. The second-order valence-electron chi connectivity index (χ2n) is 5.59. The number of benzene rings is 1. The lowest BCUT2D eigenvalue weighted by molar-refractivity contribution is 0.460. The van der Waals surface area contributed by atoms with Crippen molar-refractivity contribution in [3.63, 3.8) is 0 Å². The normalized spacial score (nSPS) is 34.2. The fourth-order valence-electron chi connectivity index (χ4n) is 2.90. The zero-order valence-electron chi connectivity index (χ0n) is 9.87. The lowest BCUT2D eigenvalue weighted by atomic mass is 9.81. The second kappa shape index (κ2) is 3.57. The summed E-state index contributed by atoms with van der Waals surface area (Å²) in [6, 6.07) is 8.88. The maximum atomic E-state index is 6.38. The second-order valence-corrected chi connectivity index (χ2v) is 5.59. The molecule has 2 aliphatic rings. The number of rotatable bonds is 2. The highest BCUT2D eigenvalue weighted by molar-refractivity contribution is 5.38. The van der Waals surface area contributed by atoms with E-state index in [-0.39, 0.29) is 5.54 Å². The van der Waals surface area contributed by atoms with Crippen molar-refractivity contribution in [1.29, 1.82) is 0 Å². The van der Waals surface area contributed by atoms with Gasteiger partial charge in [-0.25, -0.2) is 0 Å². The highest BCUT2D eigenvalue weighted by atomic mass is 15.0. The Balaban J connectivity index is 1.99. The first-order valence-corrected chi connectivity index (χ1v) is 6.27. The summed E-state index contributed by atoms with van der Waals surface area (Å²) >= 11 is 0. The van der Waals surface area contributed by atoms with Crippen molar-refractivity contribution in [1.82, 2.24) is 5.32 Å². The summed E-state index contributed by atoms with van der Waals surface area (Å²) < 4.78 is 0. The van der Waals surface area contributed by atoms with Gasteiger partial charge in [0.25, 0.3) is 0 Å². The first-order valence-electron chi connectivity index (χ1n) is 6.27. The molecule has 0 amide bonds. The van der Waals surface area contributed by atoms with Gasteiger partial charge in [0.05, 0.1) is 0 Å². The van der Waals surface area contributed by atoms with Crippen LogP contribution in [0, 0.1) is 0 Å². The Labute approximate surface area is 97.2 Å². The average Bonchev–Trinajstić information content (AvgIpc) is 3.03. The van der Waals surface area contributed by atoms with Crippen LogP contribution in [0.4, 0.5) is 0 Å². The van der Waals surface area contributed by atoms with Crippen molar-refractivity contribution >= 4 is 0 Å². The van der Waals surface area contributed by atoms with Gasteiger partial charge in [-0.2, -0.15) is 0 Å². The number of hydrogen-bond donors (Lipinski definition) is 2. The van der Waals surface area contributed by atoms with Gasteiger partial charge in [-0.05, 0) is 36.8 Å². The van der Waals surface area contributed by atoms with E-state index in [1.54, 1.807) is 5.56 Å². The predicted octanol–water partition coefficient (Wildman–Crippen LogP) is 1.97. The monoisotopic (exact) mass is 216 g/mol. The van der Waals surface area contributed by atoms with E-state index >= 15 is 0 Å². The number of hydrogen-bond acceptors (Lipinski definition) is 2. The van der Waals surface area contributed by atoms with E-state index in [4.69, 9.17) is 5.73 Å². The van der Waals surface area contributed by atoms with Crippen molar-refractivity contribution in [3.8, 4) is 0 Å². The van der Waals surface area contributed by atoms with Gasteiger partial charge in [0.15, 0.2) is 0 Å². The van der Waals surface area contributed by atoms with Crippen LogP contribution in [-0.2, 0) is 0 Å². The first-order chi connectivity index (χ1) is 7.68. The van der Waals surface area contributed by atoms with E-state index in [9.17, 15) is 0 Å². The fraction of sp³-hybridized carbons (Fsp3) is 0.571. The minimum atomic E-state index is -0.0923. The van der Waals surface area contributed by atoms with Gasteiger partial charge in [-0.15, -0.1) is 0 Å². The molecule has 2 heteroatoms. The van der Waals surface area contributed by atoms with E-state index in [0.717, 1.165) is 19.0 Å². The van der Waals surface area contributed by atoms with E-state index in [0.29, 0.717) is 5.92 Å². The largest absolute Gasteiger partial charge is 0.324 e. The Morgan fingerprint density at radius 2 is 1.94 bits per heavy atom. The molecule has 0 bridgehead atoms. The zero-order valence-corrected chi connectivity index (χ0v) is 9.87. The predicted molar refractivity (Wildman–Crippen MR) is 66.6 cm³/mol. The quantitative estimate of drug-likeness (QED) is 0.793. The molecule has 1 saturated carbocycles. The van der Waals surface area contributed by atoms with Crippen LogP contribution in [0.2, 0.25) is 0 Å². The van der Waals surface area contributed by atoms with Crippen LogP contribution in [-0.4, -0.2) is 18.6 Å². The average molecular weight is 216 g/mol. The summed E-state index contributed by atoms with van der Waals surface area (Å²) in [5.41, 5.74) is 9.32. The molecule has 1 aromatic rings. The summed E-state index contributed by atoms with van der Waals surface area (Å²) in [5, 5.41) is 3.42. The summed E-state index contributed by atoms with van der Waals surface area (Å²) in [4.78, 5) is 0. The van der Waals surface area contributed by atoms with Gasteiger partial charge in [-0.1, -0.05) is 24.3 Å². The van der Waals surface area contributed by atoms with Crippen molar-refractivity contribution in [2.75, 3.05) is 13.1 Å². The third kappa shape index (κ3) is 1.66. The van der Waals surface area contributed by atoms with Gasteiger partial charge in [0.1, 0.15) is 0 Å². The maximum Gasteiger partial charge on any atom is 0.0334 e. The molecule has 1 aliphatic carbocycles. The SMILES string of the molecule is C[C@@]1(N)CNC[C@H]1c1ccccc1C1CC1. The minimum Gasteiger partial charge on any atom is -0.324 e. The molecule has 1 heterocycles. The summed E-state index contributed by atoms with van der Waals surface area (Å²) in [5.74, 6) is 1.29. The number of nitrogens with two attached hydrogens (primary N) is 1. The van der Waals surface area contributed by atoms with E-state index in [1.165, 1.54) is 18.4 Å². The Morgan fingerprint density at radius 1 is 1.25 bits per heavy atom. The molecule has 1 aromatic carbocycles. The van der Waals surface area contributed by atoms with E-state index in [2.05, 4.69) is 36.5 Å². The van der Waals surface area contributed by atoms with Crippen molar-refractivity contribution < 1.29 is 0 Å². The molecule has 0 unspecified atom stereocenters. The topological polar surface area (TPSA) is 38.0 Å². The van der Waals surface area contributed by atoms with Crippen molar-refractivity contribution in [2.24, 2.45) is 5.73 Å². The van der Waals surface area contributed by atoms with Crippen LogP contribution in [0.25, 0.3) is 0 Å². The van der Waals surface area contributed by atoms with Crippen LogP contribution in [0.15, 0.2) is 24.3 Å². The van der Waals surface area contributed by atoms with Gasteiger partial charge < -0.3 is 11.1 Å². The molecule has 3 N–H and O–H groups in total. The van der Waals surface area contributed by atoms with Crippen molar-refractivity contribution in [2.45, 2.75) is 37.1 Å². The smallest absolute Gasteiger partial charge is 0.0334 e. The molecule has 3 rings (SSSR count). The standard InChI is InChI=1S/C14H20N2/c1-14(15)9-16-8-13(14)12-5-3-2-4-11(12)10-6-7-10/h2-5,10,13,16H,6-9,15H2,1H3/t13-,14+/m0/s1. The van der Waals surface area contributed by atoms with E-state index < -0.39 is 0 Å².